The van der Waals surface area contributed by atoms with Gasteiger partial charge in [-0.2, -0.15) is 5.26 Å². The van der Waals surface area contributed by atoms with E-state index in [9.17, 15) is 5.11 Å². The molecule has 1 rings (SSSR count). The summed E-state index contributed by atoms with van der Waals surface area (Å²) in [7, 11) is 0. The Bertz CT molecular complexity index is 341. The third-order valence-corrected chi connectivity index (χ3v) is 1.99. The van der Waals surface area contributed by atoms with Gasteiger partial charge in [-0.1, -0.05) is 6.92 Å². The lowest BCUT2D eigenvalue weighted by Gasteiger charge is -2.10. The number of nitrogens with zero attached hydrogens (tertiary/aromatic N) is 1. The molecule has 0 radical (unpaired) electrons. The van der Waals surface area contributed by atoms with Gasteiger partial charge in [0.05, 0.1) is 11.6 Å². The van der Waals surface area contributed by atoms with E-state index in [2.05, 4.69) is 0 Å². The van der Waals surface area contributed by atoms with E-state index in [0.717, 1.165) is 6.42 Å². The third-order valence-electron chi connectivity index (χ3n) is 1.99. The van der Waals surface area contributed by atoms with Gasteiger partial charge < -0.3 is 10.8 Å². The Balaban J connectivity index is 3.17. The zero-order valence-corrected chi connectivity index (χ0v) is 7.49. The maximum atomic E-state index is 9.21. The Morgan fingerprint density at radius 1 is 1.62 bits per heavy atom. The molecule has 0 aromatic heterocycles. The fraction of sp³-hybridized carbons (Fsp3) is 0.300. The molecule has 1 atom stereocenters. The standard InChI is InChI=1S/C10H12N2O/c1-2-10(12)9-5-8(13)4-3-7(9)6-11/h3-5,10,13H,2,12H2,1H3/t10-/m0/s1. The molecule has 0 aliphatic rings. The van der Waals surface area contributed by atoms with Crippen molar-refractivity contribution < 1.29 is 5.11 Å². The van der Waals surface area contributed by atoms with E-state index >= 15 is 0 Å². The Kier molecular flexibility index (Phi) is 2.88. The summed E-state index contributed by atoms with van der Waals surface area (Å²) in [4.78, 5) is 0. The zero-order valence-electron chi connectivity index (χ0n) is 7.49. The van der Waals surface area contributed by atoms with Gasteiger partial charge in [-0.3, -0.25) is 0 Å². The summed E-state index contributed by atoms with van der Waals surface area (Å²) < 4.78 is 0. The van der Waals surface area contributed by atoms with Gasteiger partial charge in [-0.15, -0.1) is 0 Å². The van der Waals surface area contributed by atoms with E-state index < -0.39 is 0 Å². The van der Waals surface area contributed by atoms with Gasteiger partial charge in [-0.25, -0.2) is 0 Å². The van der Waals surface area contributed by atoms with Crippen LogP contribution >= 0.6 is 0 Å². The highest BCUT2D eigenvalue weighted by Crippen LogP contribution is 2.22. The summed E-state index contributed by atoms with van der Waals surface area (Å²) in [6, 6.07) is 6.49. The molecule has 0 saturated carbocycles. The van der Waals surface area contributed by atoms with Gasteiger partial charge in [0.2, 0.25) is 0 Å². The zero-order chi connectivity index (χ0) is 9.84. The normalized spacial score (nSPS) is 12.1. The van der Waals surface area contributed by atoms with E-state index in [0.29, 0.717) is 11.1 Å². The van der Waals surface area contributed by atoms with Crippen molar-refractivity contribution in [1.82, 2.24) is 0 Å². The van der Waals surface area contributed by atoms with E-state index in [4.69, 9.17) is 11.0 Å². The predicted molar refractivity (Wildman–Crippen MR) is 50.0 cm³/mol. The smallest absolute Gasteiger partial charge is 0.116 e. The number of rotatable bonds is 2. The van der Waals surface area contributed by atoms with Gasteiger partial charge in [0.25, 0.3) is 0 Å². The second-order valence-corrected chi connectivity index (χ2v) is 2.90. The van der Waals surface area contributed by atoms with Crippen LogP contribution in [0.25, 0.3) is 0 Å². The first kappa shape index (κ1) is 9.56. The van der Waals surface area contributed by atoms with Crippen LogP contribution in [0, 0.1) is 11.3 Å². The molecule has 0 heterocycles. The molecule has 0 aliphatic carbocycles. The second-order valence-electron chi connectivity index (χ2n) is 2.90. The molecule has 3 N–H and O–H groups in total. The lowest BCUT2D eigenvalue weighted by molar-refractivity contribution is 0.473. The second kappa shape index (κ2) is 3.92. The predicted octanol–water partition coefficient (Wildman–Crippen LogP) is 1.67. The highest BCUT2D eigenvalue weighted by molar-refractivity contribution is 5.43. The lowest BCUT2D eigenvalue weighted by Crippen LogP contribution is -2.10. The van der Waals surface area contributed by atoms with Crippen molar-refractivity contribution in [2.45, 2.75) is 19.4 Å². The number of nitriles is 1. The Labute approximate surface area is 77.4 Å². The molecule has 0 bridgehead atoms. The monoisotopic (exact) mass is 176 g/mol. The minimum atomic E-state index is -0.179. The van der Waals surface area contributed by atoms with Crippen LogP contribution in [0.15, 0.2) is 18.2 Å². The molecular formula is C10H12N2O. The summed E-state index contributed by atoms with van der Waals surface area (Å²) in [6.07, 6.45) is 0.748. The number of nitrogens with two attached hydrogens (primary N) is 1. The highest BCUT2D eigenvalue weighted by Gasteiger charge is 2.09. The maximum Gasteiger partial charge on any atom is 0.116 e. The van der Waals surface area contributed by atoms with Crippen molar-refractivity contribution >= 4 is 0 Å². The third kappa shape index (κ3) is 1.98. The quantitative estimate of drug-likeness (QED) is 0.720. The van der Waals surface area contributed by atoms with E-state index in [1.165, 1.54) is 6.07 Å². The molecule has 13 heavy (non-hydrogen) atoms. The van der Waals surface area contributed by atoms with Crippen LogP contribution in [0.4, 0.5) is 0 Å². The Morgan fingerprint density at radius 2 is 2.31 bits per heavy atom. The summed E-state index contributed by atoms with van der Waals surface area (Å²) in [6.45, 7) is 1.94. The fourth-order valence-electron chi connectivity index (χ4n) is 1.18. The molecule has 0 spiro atoms. The van der Waals surface area contributed by atoms with Gasteiger partial charge in [0.15, 0.2) is 0 Å². The number of phenolic OH excluding ortho intramolecular Hbond substituents is 1. The average molecular weight is 176 g/mol. The molecule has 0 saturated heterocycles. The summed E-state index contributed by atoms with van der Waals surface area (Å²) in [5.74, 6) is 0.151. The Morgan fingerprint density at radius 3 is 2.85 bits per heavy atom. The molecule has 0 unspecified atom stereocenters. The van der Waals surface area contributed by atoms with Crippen molar-refractivity contribution in [2.24, 2.45) is 5.73 Å². The molecule has 1 aromatic rings. The van der Waals surface area contributed by atoms with Crippen LogP contribution < -0.4 is 5.73 Å². The number of aromatic hydroxyl groups is 1. The first-order chi connectivity index (χ1) is 6.19. The number of hydrogen-bond acceptors (Lipinski definition) is 3. The number of phenols is 1. The molecular weight excluding hydrogens is 164 g/mol. The minimum Gasteiger partial charge on any atom is -0.508 e. The Hall–Kier alpha value is -1.53. The van der Waals surface area contributed by atoms with Crippen LogP contribution in [0.1, 0.15) is 30.5 Å². The summed E-state index contributed by atoms with van der Waals surface area (Å²) in [5, 5.41) is 18.0. The topological polar surface area (TPSA) is 70.0 Å². The number of hydrogen-bond donors (Lipinski definition) is 2. The van der Waals surface area contributed by atoms with Crippen molar-refractivity contribution in [2.75, 3.05) is 0 Å². The van der Waals surface area contributed by atoms with Crippen LogP contribution in [-0.4, -0.2) is 5.11 Å². The van der Waals surface area contributed by atoms with Gasteiger partial charge in [-0.05, 0) is 30.2 Å². The van der Waals surface area contributed by atoms with E-state index in [1.807, 2.05) is 13.0 Å². The van der Waals surface area contributed by atoms with E-state index in [1.54, 1.807) is 12.1 Å². The van der Waals surface area contributed by atoms with E-state index in [-0.39, 0.29) is 11.8 Å². The van der Waals surface area contributed by atoms with Crippen LogP contribution in [0.3, 0.4) is 0 Å². The fourth-order valence-corrected chi connectivity index (χ4v) is 1.18. The largest absolute Gasteiger partial charge is 0.508 e. The summed E-state index contributed by atoms with van der Waals surface area (Å²) in [5.41, 5.74) is 7.02. The molecule has 0 amide bonds. The molecule has 3 heteroatoms. The van der Waals surface area contributed by atoms with Crippen molar-refractivity contribution in [1.29, 1.82) is 5.26 Å². The lowest BCUT2D eigenvalue weighted by atomic mass is 10.00. The summed E-state index contributed by atoms with van der Waals surface area (Å²) >= 11 is 0. The van der Waals surface area contributed by atoms with Crippen LogP contribution in [0.5, 0.6) is 5.75 Å². The van der Waals surface area contributed by atoms with Crippen LogP contribution in [-0.2, 0) is 0 Å². The molecule has 0 fully saturated rings. The van der Waals surface area contributed by atoms with Gasteiger partial charge in [0.1, 0.15) is 5.75 Å². The molecule has 68 valence electrons. The van der Waals surface area contributed by atoms with Gasteiger partial charge >= 0.3 is 0 Å². The molecule has 3 nitrogen and oxygen atoms in total. The van der Waals surface area contributed by atoms with Crippen molar-refractivity contribution in [3.05, 3.63) is 29.3 Å². The minimum absolute atomic E-state index is 0.151. The molecule has 1 aromatic carbocycles. The first-order valence-electron chi connectivity index (χ1n) is 4.17. The van der Waals surface area contributed by atoms with Crippen molar-refractivity contribution in [3.63, 3.8) is 0 Å². The average Bonchev–Trinajstić information content (AvgIpc) is 2.16. The maximum absolute atomic E-state index is 9.21. The highest BCUT2D eigenvalue weighted by atomic mass is 16.3. The van der Waals surface area contributed by atoms with Crippen LogP contribution in [0.2, 0.25) is 0 Å². The number of benzene rings is 1. The first-order valence-corrected chi connectivity index (χ1v) is 4.17. The van der Waals surface area contributed by atoms with Crippen molar-refractivity contribution in [3.8, 4) is 11.8 Å². The van der Waals surface area contributed by atoms with Gasteiger partial charge in [0, 0.05) is 6.04 Å². The molecule has 0 aliphatic heterocycles. The SMILES string of the molecule is CC[C@H](N)c1cc(O)ccc1C#N.